The summed E-state index contributed by atoms with van der Waals surface area (Å²) >= 11 is 0. The van der Waals surface area contributed by atoms with Crippen LogP contribution in [0.1, 0.15) is 25.8 Å². The van der Waals surface area contributed by atoms with E-state index in [4.69, 9.17) is 5.73 Å². The SMILES string of the molecule is CC(C)(N)CC(=O)Cc1cccnc1. The van der Waals surface area contributed by atoms with E-state index in [2.05, 4.69) is 4.98 Å². The summed E-state index contributed by atoms with van der Waals surface area (Å²) in [4.78, 5) is 15.5. The van der Waals surface area contributed by atoms with Gasteiger partial charge in [-0.2, -0.15) is 0 Å². The Morgan fingerprint density at radius 2 is 2.29 bits per heavy atom. The highest BCUT2D eigenvalue weighted by Crippen LogP contribution is 2.07. The van der Waals surface area contributed by atoms with E-state index in [0.29, 0.717) is 12.8 Å². The number of ketones is 1. The van der Waals surface area contributed by atoms with Crippen molar-refractivity contribution in [3.63, 3.8) is 0 Å². The van der Waals surface area contributed by atoms with Crippen molar-refractivity contribution in [1.82, 2.24) is 4.98 Å². The van der Waals surface area contributed by atoms with Gasteiger partial charge in [0.2, 0.25) is 0 Å². The Kier molecular flexibility index (Phi) is 3.36. The fraction of sp³-hybridized carbons (Fsp3) is 0.455. The largest absolute Gasteiger partial charge is 0.325 e. The molecular weight excluding hydrogens is 176 g/mol. The molecule has 3 heteroatoms. The maximum atomic E-state index is 11.5. The van der Waals surface area contributed by atoms with Crippen LogP contribution in [0, 0.1) is 0 Å². The fourth-order valence-electron chi connectivity index (χ4n) is 1.30. The highest BCUT2D eigenvalue weighted by molar-refractivity contribution is 5.81. The summed E-state index contributed by atoms with van der Waals surface area (Å²) in [5, 5.41) is 0. The van der Waals surface area contributed by atoms with Gasteiger partial charge in [0.25, 0.3) is 0 Å². The number of nitrogens with two attached hydrogens (primary N) is 1. The van der Waals surface area contributed by atoms with Crippen LogP contribution >= 0.6 is 0 Å². The lowest BCUT2D eigenvalue weighted by Gasteiger charge is -2.16. The molecular formula is C11H16N2O. The van der Waals surface area contributed by atoms with Gasteiger partial charge in [-0.15, -0.1) is 0 Å². The minimum atomic E-state index is -0.417. The van der Waals surface area contributed by atoms with E-state index < -0.39 is 5.54 Å². The normalized spacial score (nSPS) is 11.4. The molecule has 0 atom stereocenters. The van der Waals surface area contributed by atoms with Crippen molar-refractivity contribution in [2.45, 2.75) is 32.2 Å². The van der Waals surface area contributed by atoms with E-state index in [0.717, 1.165) is 5.56 Å². The number of hydrogen-bond donors (Lipinski definition) is 1. The van der Waals surface area contributed by atoms with Gasteiger partial charge in [0.05, 0.1) is 0 Å². The zero-order chi connectivity index (χ0) is 10.6. The molecule has 0 fully saturated rings. The first kappa shape index (κ1) is 10.9. The lowest BCUT2D eigenvalue weighted by atomic mass is 9.96. The van der Waals surface area contributed by atoms with E-state index in [1.54, 1.807) is 12.4 Å². The van der Waals surface area contributed by atoms with Crippen molar-refractivity contribution < 1.29 is 4.79 Å². The van der Waals surface area contributed by atoms with Crippen molar-refractivity contribution in [1.29, 1.82) is 0 Å². The Labute approximate surface area is 84.3 Å². The average molecular weight is 192 g/mol. The molecule has 0 aliphatic rings. The first-order valence-electron chi connectivity index (χ1n) is 4.67. The number of carbonyl (C=O) groups excluding carboxylic acids is 1. The first-order valence-corrected chi connectivity index (χ1v) is 4.67. The minimum absolute atomic E-state index is 0.158. The van der Waals surface area contributed by atoms with Crippen LogP contribution < -0.4 is 5.73 Å². The molecule has 0 aromatic carbocycles. The van der Waals surface area contributed by atoms with Crippen LogP contribution in [-0.4, -0.2) is 16.3 Å². The van der Waals surface area contributed by atoms with Crippen molar-refractivity contribution in [3.05, 3.63) is 30.1 Å². The second-order valence-electron chi connectivity index (χ2n) is 4.24. The minimum Gasteiger partial charge on any atom is -0.325 e. The Morgan fingerprint density at radius 3 is 2.79 bits per heavy atom. The van der Waals surface area contributed by atoms with Gasteiger partial charge in [-0.3, -0.25) is 9.78 Å². The number of pyridine rings is 1. The maximum absolute atomic E-state index is 11.5. The lowest BCUT2D eigenvalue weighted by Crippen LogP contribution is -2.35. The topological polar surface area (TPSA) is 56.0 Å². The zero-order valence-electron chi connectivity index (χ0n) is 8.66. The smallest absolute Gasteiger partial charge is 0.139 e. The van der Waals surface area contributed by atoms with E-state index in [-0.39, 0.29) is 5.78 Å². The standard InChI is InChI=1S/C11H16N2O/c1-11(2,12)7-10(14)6-9-4-3-5-13-8-9/h3-5,8H,6-7,12H2,1-2H3. The van der Waals surface area contributed by atoms with Crippen molar-refractivity contribution >= 4 is 5.78 Å². The van der Waals surface area contributed by atoms with E-state index in [9.17, 15) is 4.79 Å². The fourth-order valence-corrected chi connectivity index (χ4v) is 1.30. The lowest BCUT2D eigenvalue weighted by molar-refractivity contribution is -0.119. The summed E-state index contributed by atoms with van der Waals surface area (Å²) < 4.78 is 0. The Balaban J connectivity index is 2.50. The molecule has 3 nitrogen and oxygen atoms in total. The van der Waals surface area contributed by atoms with Crippen LogP contribution in [0.25, 0.3) is 0 Å². The van der Waals surface area contributed by atoms with Crippen LogP contribution in [0.2, 0.25) is 0 Å². The highest BCUT2D eigenvalue weighted by atomic mass is 16.1. The zero-order valence-corrected chi connectivity index (χ0v) is 8.66. The number of aromatic nitrogens is 1. The summed E-state index contributed by atoms with van der Waals surface area (Å²) in [5.74, 6) is 0.158. The highest BCUT2D eigenvalue weighted by Gasteiger charge is 2.16. The van der Waals surface area contributed by atoms with Gasteiger partial charge in [-0.25, -0.2) is 0 Å². The van der Waals surface area contributed by atoms with Gasteiger partial charge >= 0.3 is 0 Å². The molecule has 76 valence electrons. The van der Waals surface area contributed by atoms with Crippen molar-refractivity contribution in [2.24, 2.45) is 5.73 Å². The molecule has 0 saturated carbocycles. The number of nitrogens with zero attached hydrogens (tertiary/aromatic N) is 1. The summed E-state index contributed by atoms with van der Waals surface area (Å²) in [6, 6.07) is 3.73. The molecule has 0 unspecified atom stereocenters. The van der Waals surface area contributed by atoms with Gasteiger partial charge in [0.1, 0.15) is 5.78 Å². The molecule has 1 heterocycles. The van der Waals surface area contributed by atoms with Crippen LogP contribution in [0.3, 0.4) is 0 Å². The third-order valence-electron chi connectivity index (χ3n) is 1.78. The van der Waals surface area contributed by atoms with E-state index in [1.807, 2.05) is 26.0 Å². The van der Waals surface area contributed by atoms with E-state index in [1.165, 1.54) is 0 Å². The number of Topliss-reactive ketones (excluding diaryl/α,β-unsaturated/α-hetero) is 1. The molecule has 0 amide bonds. The third kappa shape index (κ3) is 4.14. The van der Waals surface area contributed by atoms with Crippen molar-refractivity contribution in [3.8, 4) is 0 Å². The summed E-state index contributed by atoms with van der Waals surface area (Å²) in [7, 11) is 0. The molecule has 0 radical (unpaired) electrons. The monoisotopic (exact) mass is 192 g/mol. The molecule has 1 aromatic rings. The predicted octanol–water partition coefficient (Wildman–Crippen LogP) is 1.32. The van der Waals surface area contributed by atoms with Gasteiger partial charge in [0.15, 0.2) is 0 Å². The maximum Gasteiger partial charge on any atom is 0.139 e. The van der Waals surface area contributed by atoms with Crippen LogP contribution in [0.4, 0.5) is 0 Å². The Morgan fingerprint density at radius 1 is 1.57 bits per heavy atom. The molecule has 0 saturated heterocycles. The second kappa shape index (κ2) is 4.33. The Hall–Kier alpha value is -1.22. The molecule has 1 rings (SSSR count). The van der Waals surface area contributed by atoms with Gasteiger partial charge in [-0.1, -0.05) is 6.07 Å². The quantitative estimate of drug-likeness (QED) is 0.782. The number of carbonyl (C=O) groups is 1. The van der Waals surface area contributed by atoms with Crippen LogP contribution in [0.15, 0.2) is 24.5 Å². The first-order chi connectivity index (χ1) is 6.47. The van der Waals surface area contributed by atoms with Gasteiger partial charge in [-0.05, 0) is 25.5 Å². The van der Waals surface area contributed by atoms with Crippen LogP contribution in [0.5, 0.6) is 0 Å². The summed E-state index contributed by atoms with van der Waals surface area (Å²) in [6.45, 7) is 3.71. The predicted molar refractivity (Wildman–Crippen MR) is 55.8 cm³/mol. The number of rotatable bonds is 4. The molecule has 0 aliphatic heterocycles. The molecule has 0 aliphatic carbocycles. The number of hydrogen-bond acceptors (Lipinski definition) is 3. The summed E-state index contributed by atoms with van der Waals surface area (Å²) in [6.07, 6.45) is 4.23. The van der Waals surface area contributed by atoms with Gasteiger partial charge in [0, 0.05) is 30.8 Å². The van der Waals surface area contributed by atoms with Crippen LogP contribution in [-0.2, 0) is 11.2 Å². The molecule has 0 spiro atoms. The molecule has 2 N–H and O–H groups in total. The molecule has 1 aromatic heterocycles. The summed E-state index contributed by atoms with van der Waals surface area (Å²) in [5.41, 5.74) is 6.28. The molecule has 0 bridgehead atoms. The molecule has 14 heavy (non-hydrogen) atoms. The second-order valence-corrected chi connectivity index (χ2v) is 4.24. The third-order valence-corrected chi connectivity index (χ3v) is 1.78. The van der Waals surface area contributed by atoms with Gasteiger partial charge < -0.3 is 5.73 Å². The van der Waals surface area contributed by atoms with E-state index >= 15 is 0 Å². The average Bonchev–Trinajstić information content (AvgIpc) is 2.02. The Bertz CT molecular complexity index is 301. The van der Waals surface area contributed by atoms with Crippen molar-refractivity contribution in [2.75, 3.05) is 0 Å².